The smallest absolute Gasteiger partial charge is 0.238 e. The summed E-state index contributed by atoms with van der Waals surface area (Å²) < 4.78 is 7.25. The molecule has 0 radical (unpaired) electrons. The molecule has 0 spiro atoms. The summed E-state index contributed by atoms with van der Waals surface area (Å²) in [6, 6.07) is 66.7. The van der Waals surface area contributed by atoms with Gasteiger partial charge in [-0.1, -0.05) is 146 Å². The van der Waals surface area contributed by atoms with Crippen molar-refractivity contribution in [1.29, 1.82) is 0 Å². The van der Waals surface area contributed by atoms with Gasteiger partial charge in [-0.3, -0.25) is 4.57 Å². The molecule has 0 amide bonds. The van der Waals surface area contributed by atoms with Crippen LogP contribution in [0.1, 0.15) is 0 Å². The van der Waals surface area contributed by atoms with Crippen molar-refractivity contribution in [3.8, 4) is 45.5 Å². The van der Waals surface area contributed by atoms with Crippen LogP contribution in [-0.2, 0) is 0 Å². The van der Waals surface area contributed by atoms with E-state index in [0.29, 0.717) is 17.6 Å². The molecule has 266 valence electrons. The monoisotopic (exact) mass is 745 g/mol. The fraction of sp³-hybridized carbons (Fsp3) is 0. The molecule has 57 heavy (non-hydrogen) atoms. The first-order chi connectivity index (χ1) is 28.3. The van der Waals surface area contributed by atoms with E-state index in [1.807, 2.05) is 72.0 Å². The highest BCUT2D eigenvalue weighted by Gasteiger charge is 2.20. The van der Waals surface area contributed by atoms with Crippen LogP contribution < -0.4 is 0 Å². The maximum atomic E-state index is 5.16. The van der Waals surface area contributed by atoms with Gasteiger partial charge in [-0.2, -0.15) is 9.97 Å². The summed E-state index contributed by atoms with van der Waals surface area (Å²) in [5.41, 5.74) is 9.83. The number of thiophene rings is 1. The zero-order chi connectivity index (χ0) is 37.5. The van der Waals surface area contributed by atoms with Gasteiger partial charge >= 0.3 is 0 Å². The maximum Gasteiger partial charge on any atom is 0.238 e. The third kappa shape index (κ3) is 4.98. The quantitative estimate of drug-likeness (QED) is 0.176. The lowest BCUT2D eigenvalue weighted by molar-refractivity contribution is 0.953. The number of rotatable bonds is 5. The van der Waals surface area contributed by atoms with Crippen molar-refractivity contribution < 1.29 is 0 Å². The Morgan fingerprint density at radius 3 is 1.61 bits per heavy atom. The van der Waals surface area contributed by atoms with E-state index in [0.717, 1.165) is 44.1 Å². The van der Waals surface area contributed by atoms with E-state index in [4.69, 9.17) is 15.0 Å². The Bertz CT molecular complexity index is 3470. The van der Waals surface area contributed by atoms with E-state index in [2.05, 4.69) is 137 Å². The van der Waals surface area contributed by atoms with Crippen LogP contribution in [0.4, 0.5) is 0 Å². The summed E-state index contributed by atoms with van der Waals surface area (Å²) in [5, 5.41) is 7.35. The largest absolute Gasteiger partial charge is 0.308 e. The Balaban J connectivity index is 1.07. The number of aromatic nitrogens is 5. The number of benzene rings is 8. The summed E-state index contributed by atoms with van der Waals surface area (Å²) in [4.78, 5) is 15.3. The summed E-state index contributed by atoms with van der Waals surface area (Å²) in [6.45, 7) is 0. The minimum atomic E-state index is 0.583. The third-order valence-electron chi connectivity index (χ3n) is 11.2. The third-order valence-corrected chi connectivity index (χ3v) is 12.4. The maximum absolute atomic E-state index is 5.16. The Labute approximate surface area is 331 Å². The molecular formula is C51H31N5S. The Hall–Kier alpha value is -7.41. The minimum absolute atomic E-state index is 0.583. The molecule has 0 saturated heterocycles. The van der Waals surface area contributed by atoms with Crippen molar-refractivity contribution in [1.82, 2.24) is 24.1 Å². The van der Waals surface area contributed by atoms with Gasteiger partial charge in [0.25, 0.3) is 0 Å². The summed E-state index contributed by atoms with van der Waals surface area (Å²) >= 11 is 1.87. The highest BCUT2D eigenvalue weighted by Crippen LogP contribution is 2.42. The number of hydrogen-bond donors (Lipinski definition) is 0. The van der Waals surface area contributed by atoms with Gasteiger partial charge in [-0.25, -0.2) is 4.98 Å². The van der Waals surface area contributed by atoms with Crippen molar-refractivity contribution in [3.05, 3.63) is 188 Å². The van der Waals surface area contributed by atoms with Gasteiger partial charge in [0.2, 0.25) is 5.95 Å². The van der Waals surface area contributed by atoms with E-state index >= 15 is 0 Å². The molecule has 0 unspecified atom stereocenters. The normalized spacial score (nSPS) is 11.9. The van der Waals surface area contributed by atoms with E-state index in [9.17, 15) is 0 Å². The van der Waals surface area contributed by atoms with E-state index in [-0.39, 0.29) is 0 Å². The molecule has 0 N–H and O–H groups in total. The molecule has 4 heterocycles. The predicted molar refractivity (Wildman–Crippen MR) is 238 cm³/mol. The van der Waals surface area contributed by atoms with Crippen LogP contribution in [0.25, 0.3) is 109 Å². The van der Waals surface area contributed by atoms with Crippen LogP contribution >= 0.6 is 11.3 Å². The molecule has 5 nitrogen and oxygen atoms in total. The molecule has 0 aliphatic carbocycles. The summed E-state index contributed by atoms with van der Waals surface area (Å²) in [6.07, 6.45) is 0. The first kappa shape index (κ1) is 31.9. The van der Waals surface area contributed by atoms with Gasteiger partial charge in [0.05, 0.1) is 32.5 Å². The Morgan fingerprint density at radius 2 is 0.877 bits per heavy atom. The molecule has 0 aliphatic rings. The second kappa shape index (κ2) is 12.6. The van der Waals surface area contributed by atoms with Crippen molar-refractivity contribution in [2.75, 3.05) is 0 Å². The number of nitrogens with zero attached hydrogens (tertiary/aromatic N) is 5. The molecule has 6 heteroatoms. The Morgan fingerprint density at radius 1 is 0.333 bits per heavy atom. The SMILES string of the molecule is c1ccc(-c2nc(-c3ccccc3)nc(-n3c4ccccc4c4ccc(-c5ccc6c(c5)c5ccccc5n6-c5cccc6c5sc5ccccc56)cc43)n2)cc1. The van der Waals surface area contributed by atoms with E-state index < -0.39 is 0 Å². The fourth-order valence-corrected chi connectivity index (χ4v) is 9.79. The van der Waals surface area contributed by atoms with Gasteiger partial charge in [-0.15, -0.1) is 11.3 Å². The van der Waals surface area contributed by atoms with Gasteiger partial charge in [-0.05, 0) is 53.6 Å². The molecule has 0 fully saturated rings. The second-order valence-electron chi connectivity index (χ2n) is 14.4. The first-order valence-corrected chi connectivity index (χ1v) is 19.9. The van der Waals surface area contributed by atoms with Crippen LogP contribution in [0.3, 0.4) is 0 Å². The van der Waals surface area contributed by atoms with Crippen LogP contribution in [-0.4, -0.2) is 24.1 Å². The van der Waals surface area contributed by atoms with Gasteiger partial charge in [0.1, 0.15) is 0 Å². The van der Waals surface area contributed by atoms with Crippen molar-refractivity contribution >= 4 is 75.1 Å². The number of fused-ring (bicyclic) bond motifs is 9. The minimum Gasteiger partial charge on any atom is -0.308 e. The van der Waals surface area contributed by atoms with E-state index in [1.54, 1.807) is 0 Å². The average molecular weight is 746 g/mol. The van der Waals surface area contributed by atoms with Crippen LogP contribution in [0.5, 0.6) is 0 Å². The highest BCUT2D eigenvalue weighted by atomic mass is 32.1. The second-order valence-corrected chi connectivity index (χ2v) is 15.5. The zero-order valence-corrected chi connectivity index (χ0v) is 31.4. The summed E-state index contributed by atoms with van der Waals surface area (Å²) in [7, 11) is 0. The standard InChI is InChI=1S/C51H31N5S/c1-3-14-32(15-4-1)49-52-50(33-16-5-2-6-17-33)54-51(53-49)56-43-23-11-7-18-36(43)38-28-26-35(31-46(38)56)34-27-29-44-41(30-34)37-19-8-10-22-42(37)55(44)45-24-13-21-40-39-20-9-12-25-47(39)57-48(40)45/h1-31H. The molecule has 12 rings (SSSR count). The van der Waals surface area contributed by atoms with Crippen LogP contribution in [0.15, 0.2) is 188 Å². The molecule has 8 aromatic carbocycles. The van der Waals surface area contributed by atoms with Crippen LogP contribution in [0, 0.1) is 0 Å². The topological polar surface area (TPSA) is 48.5 Å². The fourth-order valence-electron chi connectivity index (χ4n) is 8.58. The van der Waals surface area contributed by atoms with Crippen molar-refractivity contribution in [2.45, 2.75) is 0 Å². The molecule has 4 aromatic heterocycles. The Kier molecular flexibility index (Phi) is 7.03. The molecular weight excluding hydrogens is 715 g/mol. The van der Waals surface area contributed by atoms with Crippen LogP contribution in [0.2, 0.25) is 0 Å². The van der Waals surface area contributed by atoms with E-state index in [1.165, 1.54) is 47.7 Å². The lowest BCUT2D eigenvalue weighted by Gasteiger charge is -2.12. The molecule has 12 aromatic rings. The molecule has 0 aliphatic heterocycles. The average Bonchev–Trinajstić information content (AvgIpc) is 3.94. The van der Waals surface area contributed by atoms with Crippen molar-refractivity contribution in [3.63, 3.8) is 0 Å². The lowest BCUT2D eigenvalue weighted by Crippen LogP contribution is -2.06. The van der Waals surface area contributed by atoms with Gasteiger partial charge in [0, 0.05) is 48.1 Å². The lowest BCUT2D eigenvalue weighted by atomic mass is 10.0. The number of hydrogen-bond acceptors (Lipinski definition) is 4. The number of para-hydroxylation sites is 2. The highest BCUT2D eigenvalue weighted by molar-refractivity contribution is 7.26. The zero-order valence-electron chi connectivity index (χ0n) is 30.5. The van der Waals surface area contributed by atoms with Gasteiger partial charge in [0.15, 0.2) is 11.6 Å². The van der Waals surface area contributed by atoms with Crippen molar-refractivity contribution in [2.24, 2.45) is 0 Å². The first-order valence-electron chi connectivity index (χ1n) is 19.1. The molecule has 0 bridgehead atoms. The molecule has 0 saturated carbocycles. The summed E-state index contributed by atoms with van der Waals surface area (Å²) in [5.74, 6) is 1.85. The van der Waals surface area contributed by atoms with Gasteiger partial charge < -0.3 is 4.57 Å². The molecule has 0 atom stereocenters. The predicted octanol–water partition coefficient (Wildman–Crippen LogP) is 13.4.